The number of para-hydroxylation sites is 2. The molecule has 1 amide bonds. The van der Waals surface area contributed by atoms with Gasteiger partial charge in [-0.15, -0.1) is 0 Å². The number of fused-ring (bicyclic) bond motifs is 1. The number of benzene rings is 2. The highest BCUT2D eigenvalue weighted by Crippen LogP contribution is 2.48. The van der Waals surface area contributed by atoms with E-state index in [0.717, 1.165) is 34.8 Å². The Morgan fingerprint density at radius 1 is 1.12 bits per heavy atom. The third-order valence-corrected chi connectivity index (χ3v) is 6.18. The molecule has 0 saturated heterocycles. The van der Waals surface area contributed by atoms with Crippen molar-refractivity contribution in [2.45, 2.75) is 53.0 Å². The molecule has 5 nitrogen and oxygen atoms in total. The fraction of sp³-hybridized carbons (Fsp3) is 0.407. The molecule has 1 aliphatic carbocycles. The molecule has 0 saturated carbocycles. The number of amides is 1. The van der Waals surface area contributed by atoms with Crippen molar-refractivity contribution >= 4 is 23.1 Å². The van der Waals surface area contributed by atoms with Crippen molar-refractivity contribution < 1.29 is 14.3 Å². The number of ether oxygens (including phenoxy) is 1. The summed E-state index contributed by atoms with van der Waals surface area (Å²) in [5.74, 6) is 1.06. The second kappa shape index (κ2) is 8.45. The van der Waals surface area contributed by atoms with Gasteiger partial charge in [0.25, 0.3) is 0 Å². The molecular formula is C27H32N2O3. The number of nitrogens with zero attached hydrogens (tertiary/aromatic N) is 1. The Morgan fingerprint density at radius 3 is 2.47 bits per heavy atom. The smallest absolute Gasteiger partial charge is 0.228 e. The van der Waals surface area contributed by atoms with Crippen LogP contribution in [0.5, 0.6) is 5.75 Å². The first kappa shape index (κ1) is 22.1. The molecule has 0 spiro atoms. The molecule has 2 aromatic carbocycles. The van der Waals surface area contributed by atoms with Crippen LogP contribution in [0.3, 0.4) is 0 Å². The number of ketones is 1. The van der Waals surface area contributed by atoms with Gasteiger partial charge in [-0.25, -0.2) is 0 Å². The third kappa shape index (κ3) is 4.16. The molecule has 4 rings (SSSR count). The van der Waals surface area contributed by atoms with Crippen molar-refractivity contribution in [2.75, 3.05) is 17.3 Å². The van der Waals surface area contributed by atoms with E-state index < -0.39 is 6.04 Å². The van der Waals surface area contributed by atoms with Crippen molar-refractivity contribution in [1.29, 1.82) is 0 Å². The Hall–Kier alpha value is -3.08. The minimum absolute atomic E-state index is 0.0152. The van der Waals surface area contributed by atoms with Crippen molar-refractivity contribution in [3.63, 3.8) is 0 Å². The predicted molar refractivity (Wildman–Crippen MR) is 128 cm³/mol. The summed E-state index contributed by atoms with van der Waals surface area (Å²) in [6, 6.07) is 15.1. The molecule has 2 aromatic rings. The molecule has 1 atom stereocenters. The normalized spacial score (nSPS) is 19.8. The number of hydrogen-bond donors (Lipinski definition) is 1. The first-order valence-electron chi connectivity index (χ1n) is 11.3. The highest BCUT2D eigenvalue weighted by atomic mass is 16.5. The summed E-state index contributed by atoms with van der Waals surface area (Å²) in [6.07, 6.45) is 1.62. The second-order valence-corrected chi connectivity index (χ2v) is 10.0. The minimum atomic E-state index is -0.484. The number of nitrogens with one attached hydrogen (secondary N) is 1. The van der Waals surface area contributed by atoms with Crippen molar-refractivity contribution in [3.05, 3.63) is 65.4 Å². The van der Waals surface area contributed by atoms with Crippen molar-refractivity contribution in [1.82, 2.24) is 0 Å². The molecule has 2 aliphatic rings. The lowest BCUT2D eigenvalue weighted by Gasteiger charge is -2.37. The van der Waals surface area contributed by atoms with Crippen LogP contribution in [0, 0.1) is 11.3 Å². The van der Waals surface area contributed by atoms with Crippen LogP contribution in [-0.4, -0.2) is 18.8 Å². The molecular weight excluding hydrogens is 400 g/mol. The van der Waals surface area contributed by atoms with Crippen molar-refractivity contribution in [2.24, 2.45) is 11.3 Å². The molecule has 168 valence electrons. The van der Waals surface area contributed by atoms with Gasteiger partial charge < -0.3 is 10.1 Å². The van der Waals surface area contributed by atoms with Gasteiger partial charge in [0, 0.05) is 24.1 Å². The summed E-state index contributed by atoms with van der Waals surface area (Å²) < 4.78 is 5.35. The molecule has 32 heavy (non-hydrogen) atoms. The predicted octanol–water partition coefficient (Wildman–Crippen LogP) is 5.88. The topological polar surface area (TPSA) is 58.6 Å². The number of allylic oxidation sites excluding steroid dienone is 1. The van der Waals surface area contributed by atoms with Gasteiger partial charge in [0.1, 0.15) is 5.75 Å². The largest absolute Gasteiger partial charge is 0.497 e. The Kier molecular flexibility index (Phi) is 5.85. The highest BCUT2D eigenvalue weighted by molar-refractivity contribution is 6.06. The van der Waals surface area contributed by atoms with E-state index in [-0.39, 0.29) is 23.0 Å². The Labute approximate surface area is 190 Å². The summed E-state index contributed by atoms with van der Waals surface area (Å²) in [4.78, 5) is 29.1. The first-order chi connectivity index (χ1) is 15.2. The molecule has 1 heterocycles. The van der Waals surface area contributed by atoms with Crippen LogP contribution in [0.2, 0.25) is 0 Å². The number of Topliss-reactive ketones (excluding diaryl/α,β-unsaturated/α-hetero) is 1. The van der Waals surface area contributed by atoms with Crippen LogP contribution in [0.1, 0.15) is 58.6 Å². The van der Waals surface area contributed by atoms with Gasteiger partial charge in [-0.1, -0.05) is 52.0 Å². The van der Waals surface area contributed by atoms with E-state index in [4.69, 9.17) is 4.74 Å². The lowest BCUT2D eigenvalue weighted by atomic mass is 9.73. The lowest BCUT2D eigenvalue weighted by molar-refractivity contribution is -0.120. The number of carbonyl (C=O) groups is 2. The minimum Gasteiger partial charge on any atom is -0.497 e. The zero-order valence-electron chi connectivity index (χ0n) is 19.6. The van der Waals surface area contributed by atoms with E-state index in [0.29, 0.717) is 18.4 Å². The summed E-state index contributed by atoms with van der Waals surface area (Å²) in [7, 11) is 1.63. The molecule has 1 unspecified atom stereocenters. The maximum atomic E-state index is 13.7. The summed E-state index contributed by atoms with van der Waals surface area (Å²) in [5.41, 5.74) is 4.04. The average molecular weight is 433 g/mol. The summed E-state index contributed by atoms with van der Waals surface area (Å²) in [5, 5.41) is 3.55. The van der Waals surface area contributed by atoms with E-state index in [2.05, 4.69) is 19.2 Å². The lowest BCUT2D eigenvalue weighted by Crippen LogP contribution is -2.39. The molecule has 1 N–H and O–H groups in total. The second-order valence-electron chi connectivity index (χ2n) is 10.0. The maximum absolute atomic E-state index is 13.7. The Morgan fingerprint density at radius 2 is 1.81 bits per heavy atom. The van der Waals surface area contributed by atoms with Crippen LogP contribution >= 0.6 is 0 Å². The van der Waals surface area contributed by atoms with Gasteiger partial charge in [-0.3, -0.25) is 14.5 Å². The molecule has 5 heteroatoms. The van der Waals surface area contributed by atoms with Gasteiger partial charge >= 0.3 is 0 Å². The van der Waals surface area contributed by atoms with Gasteiger partial charge in [0.15, 0.2) is 5.78 Å². The van der Waals surface area contributed by atoms with Gasteiger partial charge in [0.05, 0.1) is 24.5 Å². The van der Waals surface area contributed by atoms with E-state index in [1.54, 1.807) is 7.11 Å². The van der Waals surface area contributed by atoms with Gasteiger partial charge in [-0.05, 0) is 47.6 Å². The molecule has 0 aromatic heterocycles. The molecule has 1 aliphatic heterocycles. The SMILES string of the molecule is COc1ccc(C2C3=C(CC(C)(C)CC3=O)Nc3ccccc3N2C(=O)CC(C)C)cc1. The van der Waals surface area contributed by atoms with E-state index in [9.17, 15) is 9.59 Å². The van der Waals surface area contributed by atoms with Gasteiger partial charge in [0.2, 0.25) is 5.91 Å². The van der Waals surface area contributed by atoms with Crippen LogP contribution in [-0.2, 0) is 9.59 Å². The standard InChI is InChI=1S/C27H32N2O3/c1-17(2)14-24(31)29-22-9-7-6-8-20(22)28-21-15-27(3,4)16-23(30)25(21)26(29)18-10-12-19(32-5)13-11-18/h6-13,17,26,28H,14-16H2,1-5H3. The monoisotopic (exact) mass is 432 g/mol. The third-order valence-electron chi connectivity index (χ3n) is 6.18. The number of hydrogen-bond acceptors (Lipinski definition) is 4. The summed E-state index contributed by atoms with van der Waals surface area (Å²) >= 11 is 0. The first-order valence-corrected chi connectivity index (χ1v) is 11.3. The summed E-state index contributed by atoms with van der Waals surface area (Å²) in [6.45, 7) is 8.33. The van der Waals surface area contributed by atoms with Crippen LogP contribution < -0.4 is 15.0 Å². The maximum Gasteiger partial charge on any atom is 0.228 e. The zero-order chi connectivity index (χ0) is 23.0. The average Bonchev–Trinajstić information content (AvgIpc) is 2.86. The number of carbonyl (C=O) groups excluding carboxylic acids is 2. The zero-order valence-corrected chi connectivity index (χ0v) is 19.6. The van der Waals surface area contributed by atoms with Crippen LogP contribution in [0.15, 0.2) is 59.8 Å². The Bertz CT molecular complexity index is 1070. The quantitative estimate of drug-likeness (QED) is 0.655. The van der Waals surface area contributed by atoms with E-state index >= 15 is 0 Å². The van der Waals surface area contributed by atoms with Crippen LogP contribution in [0.4, 0.5) is 11.4 Å². The number of methoxy groups -OCH3 is 1. The molecule has 0 radical (unpaired) electrons. The van der Waals surface area contributed by atoms with Crippen molar-refractivity contribution in [3.8, 4) is 5.75 Å². The fourth-order valence-electron chi connectivity index (χ4n) is 4.81. The van der Waals surface area contributed by atoms with Gasteiger partial charge in [-0.2, -0.15) is 0 Å². The van der Waals surface area contributed by atoms with E-state index in [1.165, 1.54) is 0 Å². The molecule has 0 fully saturated rings. The van der Waals surface area contributed by atoms with E-state index in [1.807, 2.05) is 67.3 Å². The Balaban J connectivity index is 1.97. The van der Waals surface area contributed by atoms with Crippen LogP contribution in [0.25, 0.3) is 0 Å². The fourth-order valence-corrected chi connectivity index (χ4v) is 4.81. The number of anilines is 2. The number of rotatable bonds is 4. The molecule has 0 bridgehead atoms. The highest BCUT2D eigenvalue weighted by Gasteiger charge is 2.43.